The van der Waals surface area contributed by atoms with Gasteiger partial charge in [-0.2, -0.15) is 4.98 Å². The maximum atomic E-state index is 4.54. The molecule has 3 rings (SSSR count). The van der Waals surface area contributed by atoms with Crippen LogP contribution in [-0.4, -0.2) is 41.0 Å². The van der Waals surface area contributed by atoms with Crippen molar-refractivity contribution in [1.82, 2.24) is 14.9 Å². The van der Waals surface area contributed by atoms with Crippen molar-refractivity contribution in [3.8, 4) is 0 Å². The lowest BCUT2D eigenvalue weighted by Gasteiger charge is -2.33. The molecule has 0 saturated carbocycles. The third-order valence-electron chi connectivity index (χ3n) is 5.01. The maximum Gasteiger partial charge on any atom is 0.224 e. The van der Waals surface area contributed by atoms with E-state index in [1.165, 1.54) is 24.0 Å². The summed E-state index contributed by atoms with van der Waals surface area (Å²) >= 11 is 0. The fourth-order valence-electron chi connectivity index (χ4n) is 3.79. The Bertz CT molecular complexity index is 726. The van der Waals surface area contributed by atoms with Crippen molar-refractivity contribution in [2.45, 2.75) is 52.6 Å². The number of benzene rings is 1. The molecule has 0 amide bonds. The van der Waals surface area contributed by atoms with Crippen LogP contribution in [0.4, 0.5) is 11.8 Å². The molecule has 1 aromatic heterocycles. The second-order valence-electron chi connectivity index (χ2n) is 8.10. The van der Waals surface area contributed by atoms with E-state index in [0.717, 1.165) is 37.6 Å². The van der Waals surface area contributed by atoms with Gasteiger partial charge in [-0.15, -0.1) is 0 Å². The highest BCUT2D eigenvalue weighted by atomic mass is 15.2. The van der Waals surface area contributed by atoms with Gasteiger partial charge in [-0.1, -0.05) is 38.1 Å². The van der Waals surface area contributed by atoms with Crippen molar-refractivity contribution in [1.29, 1.82) is 0 Å². The zero-order valence-electron chi connectivity index (χ0n) is 17.1. The number of piperidine rings is 1. The highest BCUT2D eigenvalue weighted by Crippen LogP contribution is 2.19. The fraction of sp³-hybridized carbons (Fsp3) is 0.545. The molecule has 1 aromatic carbocycles. The summed E-state index contributed by atoms with van der Waals surface area (Å²) in [6, 6.07) is 11.6. The molecule has 1 saturated heterocycles. The number of aryl methyl sites for hydroxylation is 1. The average Bonchev–Trinajstić information content (AvgIpc) is 2.63. The molecule has 1 unspecified atom stereocenters. The Labute approximate surface area is 163 Å². The number of likely N-dealkylation sites (tertiary alicyclic amines) is 1. The largest absolute Gasteiger partial charge is 0.366 e. The van der Waals surface area contributed by atoms with Crippen molar-refractivity contribution >= 4 is 11.8 Å². The third kappa shape index (κ3) is 5.93. The Morgan fingerprint density at radius 1 is 1.15 bits per heavy atom. The standard InChI is InChI=1S/C22H33N5/c1-16(2)12-18-7-9-19(10-8-18)14-27-11-5-6-20(15-27)25-21-13-17(3)24-22(23-4)26-21/h7-10,13,16,20H,5-6,11-12,14-15H2,1-4H3,(H2,23,24,25,26). The molecular weight excluding hydrogens is 334 g/mol. The Hall–Kier alpha value is -2.14. The van der Waals surface area contributed by atoms with Gasteiger partial charge in [-0.3, -0.25) is 4.90 Å². The molecule has 2 aromatic rings. The van der Waals surface area contributed by atoms with Crippen LogP contribution in [0.2, 0.25) is 0 Å². The van der Waals surface area contributed by atoms with Crippen molar-refractivity contribution in [2.24, 2.45) is 5.92 Å². The van der Waals surface area contributed by atoms with Crippen LogP contribution in [0.3, 0.4) is 0 Å². The van der Waals surface area contributed by atoms with Gasteiger partial charge in [0.1, 0.15) is 5.82 Å². The summed E-state index contributed by atoms with van der Waals surface area (Å²) < 4.78 is 0. The van der Waals surface area contributed by atoms with Crippen LogP contribution < -0.4 is 10.6 Å². The molecule has 2 heterocycles. The van der Waals surface area contributed by atoms with Crippen molar-refractivity contribution < 1.29 is 0 Å². The first kappa shape index (κ1) is 19.6. The number of aromatic nitrogens is 2. The van der Waals surface area contributed by atoms with E-state index in [1.54, 1.807) is 0 Å². The van der Waals surface area contributed by atoms with Crippen molar-refractivity contribution in [3.05, 3.63) is 47.2 Å². The normalized spacial score (nSPS) is 17.9. The molecule has 1 aliphatic rings. The van der Waals surface area contributed by atoms with Crippen LogP contribution in [0.5, 0.6) is 0 Å². The molecule has 27 heavy (non-hydrogen) atoms. The zero-order chi connectivity index (χ0) is 19.2. The quantitative estimate of drug-likeness (QED) is 0.771. The van der Waals surface area contributed by atoms with Crippen molar-refractivity contribution in [2.75, 3.05) is 30.8 Å². The molecule has 5 nitrogen and oxygen atoms in total. The van der Waals surface area contributed by atoms with E-state index < -0.39 is 0 Å². The molecule has 0 aliphatic carbocycles. The van der Waals surface area contributed by atoms with E-state index in [-0.39, 0.29) is 0 Å². The van der Waals surface area contributed by atoms with E-state index in [0.29, 0.717) is 17.9 Å². The molecule has 0 bridgehead atoms. The highest BCUT2D eigenvalue weighted by Gasteiger charge is 2.20. The third-order valence-corrected chi connectivity index (χ3v) is 5.01. The lowest BCUT2D eigenvalue weighted by molar-refractivity contribution is 0.208. The first-order valence-electron chi connectivity index (χ1n) is 10.1. The first-order chi connectivity index (χ1) is 13.0. The molecule has 5 heteroatoms. The van der Waals surface area contributed by atoms with Gasteiger partial charge < -0.3 is 10.6 Å². The summed E-state index contributed by atoms with van der Waals surface area (Å²) in [4.78, 5) is 11.5. The van der Waals surface area contributed by atoms with Crippen LogP contribution >= 0.6 is 0 Å². The Morgan fingerprint density at radius 2 is 1.89 bits per heavy atom. The number of nitrogens with zero attached hydrogens (tertiary/aromatic N) is 3. The van der Waals surface area contributed by atoms with Crippen LogP contribution in [0.25, 0.3) is 0 Å². The number of nitrogens with one attached hydrogen (secondary N) is 2. The predicted octanol–water partition coefficient (Wildman–Crippen LogP) is 4.10. The van der Waals surface area contributed by atoms with Gasteiger partial charge in [0.15, 0.2) is 0 Å². The highest BCUT2D eigenvalue weighted by molar-refractivity contribution is 5.42. The lowest BCUT2D eigenvalue weighted by atomic mass is 10.0. The predicted molar refractivity (Wildman–Crippen MR) is 113 cm³/mol. The lowest BCUT2D eigenvalue weighted by Crippen LogP contribution is -2.41. The summed E-state index contributed by atoms with van der Waals surface area (Å²) in [7, 11) is 1.85. The molecular formula is C22H33N5. The number of anilines is 2. The summed E-state index contributed by atoms with van der Waals surface area (Å²) in [6.45, 7) is 9.78. The molecule has 0 radical (unpaired) electrons. The van der Waals surface area contributed by atoms with Crippen LogP contribution in [0.15, 0.2) is 30.3 Å². The minimum absolute atomic E-state index is 0.429. The Kier molecular flexibility index (Phi) is 6.67. The van der Waals surface area contributed by atoms with Crippen LogP contribution in [0.1, 0.15) is 43.5 Å². The molecule has 2 N–H and O–H groups in total. The maximum absolute atomic E-state index is 4.54. The molecule has 1 fully saturated rings. The smallest absolute Gasteiger partial charge is 0.224 e. The summed E-state index contributed by atoms with van der Waals surface area (Å²) in [6.07, 6.45) is 3.55. The van der Waals surface area contributed by atoms with E-state index in [1.807, 2.05) is 20.0 Å². The van der Waals surface area contributed by atoms with E-state index in [4.69, 9.17) is 0 Å². The molecule has 1 aliphatic heterocycles. The number of hydrogen-bond acceptors (Lipinski definition) is 5. The van der Waals surface area contributed by atoms with Gasteiger partial charge >= 0.3 is 0 Å². The van der Waals surface area contributed by atoms with Gasteiger partial charge in [-0.05, 0) is 49.8 Å². The number of hydrogen-bond donors (Lipinski definition) is 2. The van der Waals surface area contributed by atoms with Gasteiger partial charge in [0.05, 0.1) is 0 Å². The van der Waals surface area contributed by atoms with Gasteiger partial charge in [0.25, 0.3) is 0 Å². The topological polar surface area (TPSA) is 53.1 Å². The zero-order valence-corrected chi connectivity index (χ0v) is 17.1. The van der Waals surface area contributed by atoms with Crippen molar-refractivity contribution in [3.63, 3.8) is 0 Å². The molecule has 0 spiro atoms. The number of rotatable bonds is 7. The minimum atomic E-state index is 0.429. The fourth-order valence-corrected chi connectivity index (χ4v) is 3.79. The SMILES string of the molecule is CNc1nc(C)cc(NC2CCCN(Cc3ccc(CC(C)C)cc3)C2)n1. The van der Waals surface area contributed by atoms with E-state index >= 15 is 0 Å². The Balaban J connectivity index is 1.57. The summed E-state index contributed by atoms with van der Waals surface area (Å²) in [5.41, 5.74) is 3.82. The first-order valence-corrected chi connectivity index (χ1v) is 10.1. The Morgan fingerprint density at radius 3 is 2.59 bits per heavy atom. The van der Waals surface area contributed by atoms with Gasteiger partial charge in [0, 0.05) is 37.9 Å². The second kappa shape index (κ2) is 9.18. The molecule has 1 atom stereocenters. The average molecular weight is 368 g/mol. The van der Waals surface area contributed by atoms with Crippen LogP contribution in [0, 0.1) is 12.8 Å². The van der Waals surface area contributed by atoms with Crippen LogP contribution in [-0.2, 0) is 13.0 Å². The monoisotopic (exact) mass is 367 g/mol. The van der Waals surface area contributed by atoms with E-state index in [2.05, 4.69) is 63.6 Å². The van der Waals surface area contributed by atoms with Gasteiger partial charge in [0.2, 0.25) is 5.95 Å². The minimum Gasteiger partial charge on any atom is -0.366 e. The molecule has 146 valence electrons. The van der Waals surface area contributed by atoms with E-state index in [9.17, 15) is 0 Å². The van der Waals surface area contributed by atoms with Gasteiger partial charge in [-0.25, -0.2) is 4.98 Å². The second-order valence-corrected chi connectivity index (χ2v) is 8.10. The summed E-state index contributed by atoms with van der Waals surface area (Å²) in [5.74, 6) is 2.29. The summed E-state index contributed by atoms with van der Waals surface area (Å²) in [5, 5.41) is 6.64.